The Hall–Kier alpha value is -4.95. The van der Waals surface area contributed by atoms with Crippen LogP contribution in [0.3, 0.4) is 0 Å². The molecule has 2 heterocycles. The molecule has 6 rings (SSSR count). The van der Waals surface area contributed by atoms with Gasteiger partial charge < -0.3 is 9.13 Å². The molecular weight excluding hydrogens is 490 g/mol. The van der Waals surface area contributed by atoms with Gasteiger partial charge in [-0.25, -0.2) is 9.97 Å². The van der Waals surface area contributed by atoms with Crippen LogP contribution in [-0.2, 0) is 19.5 Å². The van der Waals surface area contributed by atoms with E-state index in [0.717, 1.165) is 70.7 Å². The van der Waals surface area contributed by atoms with Crippen LogP contribution < -0.4 is 0 Å². The smallest absolute Gasteiger partial charge is 0.110 e. The van der Waals surface area contributed by atoms with Gasteiger partial charge in [-0.05, 0) is 59.4 Å². The summed E-state index contributed by atoms with van der Waals surface area (Å²) in [6.45, 7) is 5.86. The topological polar surface area (TPSA) is 59.4 Å². The predicted octanol–water partition coefficient (Wildman–Crippen LogP) is 7.80. The summed E-state index contributed by atoms with van der Waals surface area (Å²) in [4.78, 5) is 9.83. The van der Waals surface area contributed by atoms with Crippen LogP contribution in [0, 0.1) is 18.3 Å². The number of imidazole rings is 2. The van der Waals surface area contributed by atoms with Crippen molar-refractivity contribution in [3.8, 4) is 28.5 Å². The molecule has 0 amide bonds. The van der Waals surface area contributed by atoms with Gasteiger partial charge in [0.15, 0.2) is 0 Å². The van der Waals surface area contributed by atoms with Crippen molar-refractivity contribution in [2.24, 2.45) is 0 Å². The van der Waals surface area contributed by atoms with E-state index in [4.69, 9.17) is 9.97 Å². The number of nitrogens with zero attached hydrogens (tertiary/aromatic N) is 5. The molecule has 0 saturated carbocycles. The second-order valence-corrected chi connectivity index (χ2v) is 10.3. The maximum Gasteiger partial charge on any atom is 0.110 e. The lowest BCUT2D eigenvalue weighted by atomic mass is 9.99. The first-order chi connectivity index (χ1) is 19.6. The number of rotatable bonds is 8. The highest BCUT2D eigenvalue weighted by Gasteiger charge is 2.16. The van der Waals surface area contributed by atoms with E-state index in [-0.39, 0.29) is 0 Å². The van der Waals surface area contributed by atoms with Crippen LogP contribution in [0.15, 0.2) is 104 Å². The van der Waals surface area contributed by atoms with Crippen molar-refractivity contribution in [3.63, 3.8) is 0 Å². The fourth-order valence-corrected chi connectivity index (χ4v) is 5.37. The molecule has 0 bridgehead atoms. The molecule has 2 aromatic heterocycles. The van der Waals surface area contributed by atoms with Crippen LogP contribution in [0.5, 0.6) is 0 Å². The second-order valence-electron chi connectivity index (χ2n) is 10.3. The number of fused-ring (bicyclic) bond motifs is 1. The molecule has 0 radical (unpaired) electrons. The van der Waals surface area contributed by atoms with Crippen LogP contribution in [-0.4, -0.2) is 19.1 Å². The summed E-state index contributed by atoms with van der Waals surface area (Å²) in [7, 11) is 0. The van der Waals surface area contributed by atoms with E-state index >= 15 is 0 Å². The van der Waals surface area contributed by atoms with Crippen molar-refractivity contribution in [1.29, 1.82) is 5.26 Å². The van der Waals surface area contributed by atoms with Gasteiger partial charge in [-0.15, -0.1) is 0 Å². The van der Waals surface area contributed by atoms with Crippen molar-refractivity contribution in [2.45, 2.75) is 39.8 Å². The average molecular weight is 522 g/mol. The summed E-state index contributed by atoms with van der Waals surface area (Å²) in [5.74, 6) is 1.10. The summed E-state index contributed by atoms with van der Waals surface area (Å²) in [6, 6.07) is 33.5. The standard InChI is InChI=1S/C35H31N5/c1-3-9-34-38-35-25(2)18-30(32-23-39(24-37-32)21-26-10-5-4-6-11-26)19-33(35)40(34)22-27-14-16-28(17-15-27)31-13-8-7-12-29(31)20-36/h4-8,10-19,23-24H,3,9,21-22H2,1-2H3. The molecule has 4 aromatic carbocycles. The molecule has 196 valence electrons. The Morgan fingerprint density at radius 2 is 1.57 bits per heavy atom. The average Bonchev–Trinajstić information content (AvgIpc) is 3.59. The van der Waals surface area contributed by atoms with Crippen LogP contribution in [0.25, 0.3) is 33.4 Å². The van der Waals surface area contributed by atoms with E-state index in [1.54, 1.807) is 0 Å². The van der Waals surface area contributed by atoms with Gasteiger partial charge in [0.05, 0.1) is 34.7 Å². The fourth-order valence-electron chi connectivity index (χ4n) is 5.37. The van der Waals surface area contributed by atoms with Gasteiger partial charge in [-0.3, -0.25) is 0 Å². The molecule has 5 heteroatoms. The van der Waals surface area contributed by atoms with E-state index in [9.17, 15) is 5.26 Å². The van der Waals surface area contributed by atoms with E-state index < -0.39 is 0 Å². The molecule has 5 nitrogen and oxygen atoms in total. The maximum atomic E-state index is 9.52. The highest BCUT2D eigenvalue weighted by molar-refractivity contribution is 5.85. The SMILES string of the molecule is CCCc1nc2c(C)cc(-c3cn(Cc4ccccc4)cn3)cc2n1Cc1ccc(-c2ccccc2C#N)cc1. The second kappa shape index (κ2) is 11.0. The van der Waals surface area contributed by atoms with Crippen LogP contribution >= 0.6 is 0 Å². The fraction of sp³-hybridized carbons (Fsp3) is 0.171. The van der Waals surface area contributed by atoms with Gasteiger partial charge in [-0.1, -0.05) is 79.7 Å². The van der Waals surface area contributed by atoms with Gasteiger partial charge >= 0.3 is 0 Å². The minimum atomic E-state index is 0.690. The number of hydrogen-bond acceptors (Lipinski definition) is 3. The van der Waals surface area contributed by atoms with Crippen molar-refractivity contribution >= 4 is 11.0 Å². The summed E-state index contributed by atoms with van der Waals surface area (Å²) in [5, 5.41) is 9.52. The van der Waals surface area contributed by atoms with E-state index in [1.165, 1.54) is 11.1 Å². The minimum Gasteiger partial charge on any atom is -0.332 e. The van der Waals surface area contributed by atoms with E-state index in [0.29, 0.717) is 5.56 Å². The predicted molar refractivity (Wildman–Crippen MR) is 161 cm³/mol. The third kappa shape index (κ3) is 5.04. The van der Waals surface area contributed by atoms with Crippen LogP contribution in [0.1, 0.15) is 41.4 Å². The first-order valence-corrected chi connectivity index (χ1v) is 13.8. The Balaban J connectivity index is 1.34. The molecule has 40 heavy (non-hydrogen) atoms. The minimum absolute atomic E-state index is 0.690. The van der Waals surface area contributed by atoms with Crippen molar-refractivity contribution < 1.29 is 0 Å². The molecule has 0 aliphatic heterocycles. The summed E-state index contributed by atoms with van der Waals surface area (Å²) in [5.41, 5.74) is 10.6. The number of nitriles is 1. The lowest BCUT2D eigenvalue weighted by molar-refractivity contribution is 0.722. The normalized spacial score (nSPS) is 11.1. The Morgan fingerprint density at radius 3 is 2.35 bits per heavy atom. The summed E-state index contributed by atoms with van der Waals surface area (Å²) in [6.07, 6.45) is 5.98. The Morgan fingerprint density at radius 1 is 0.825 bits per heavy atom. The first kappa shape index (κ1) is 25.3. The molecule has 0 fully saturated rings. The molecular formula is C35H31N5. The molecule has 6 aromatic rings. The zero-order valence-electron chi connectivity index (χ0n) is 22.9. The Labute approximate surface area is 235 Å². The monoisotopic (exact) mass is 521 g/mol. The van der Waals surface area contributed by atoms with Gasteiger partial charge in [-0.2, -0.15) is 5.26 Å². The number of hydrogen-bond donors (Lipinski definition) is 0. The van der Waals surface area contributed by atoms with Gasteiger partial charge in [0, 0.05) is 31.3 Å². The zero-order valence-corrected chi connectivity index (χ0v) is 22.9. The zero-order chi connectivity index (χ0) is 27.5. The molecule has 0 aliphatic carbocycles. The van der Waals surface area contributed by atoms with Crippen LogP contribution in [0.2, 0.25) is 0 Å². The number of aryl methyl sites for hydroxylation is 2. The maximum absolute atomic E-state index is 9.52. The van der Waals surface area contributed by atoms with Gasteiger partial charge in [0.25, 0.3) is 0 Å². The first-order valence-electron chi connectivity index (χ1n) is 13.8. The van der Waals surface area contributed by atoms with E-state index in [2.05, 4.69) is 95.9 Å². The quantitative estimate of drug-likeness (QED) is 0.205. The molecule has 0 saturated heterocycles. The largest absolute Gasteiger partial charge is 0.332 e. The number of benzene rings is 4. The van der Waals surface area contributed by atoms with Gasteiger partial charge in [0.1, 0.15) is 5.82 Å². The third-order valence-corrected chi connectivity index (χ3v) is 7.39. The lowest BCUT2D eigenvalue weighted by Crippen LogP contribution is -2.05. The van der Waals surface area contributed by atoms with Crippen molar-refractivity contribution in [1.82, 2.24) is 19.1 Å². The van der Waals surface area contributed by atoms with Crippen molar-refractivity contribution in [3.05, 3.63) is 132 Å². The molecule has 0 aliphatic rings. The Bertz CT molecular complexity index is 1820. The Kier molecular flexibility index (Phi) is 6.99. The molecule has 0 atom stereocenters. The van der Waals surface area contributed by atoms with Crippen molar-refractivity contribution in [2.75, 3.05) is 0 Å². The number of aromatic nitrogens is 4. The highest BCUT2D eigenvalue weighted by atomic mass is 15.1. The van der Waals surface area contributed by atoms with E-state index in [1.807, 2.05) is 36.7 Å². The van der Waals surface area contributed by atoms with Crippen LogP contribution in [0.4, 0.5) is 0 Å². The molecule has 0 unspecified atom stereocenters. The highest BCUT2D eigenvalue weighted by Crippen LogP contribution is 2.29. The molecule has 0 spiro atoms. The third-order valence-electron chi connectivity index (χ3n) is 7.39. The van der Waals surface area contributed by atoms with Gasteiger partial charge in [0.2, 0.25) is 0 Å². The molecule has 0 N–H and O–H groups in total. The summed E-state index contributed by atoms with van der Waals surface area (Å²) < 4.78 is 4.49. The summed E-state index contributed by atoms with van der Waals surface area (Å²) >= 11 is 0. The lowest BCUT2D eigenvalue weighted by Gasteiger charge is -2.11.